The van der Waals surface area contributed by atoms with Crippen LogP contribution in [0.5, 0.6) is 5.75 Å². The lowest BCUT2D eigenvalue weighted by atomic mass is 9.83. The van der Waals surface area contributed by atoms with Crippen LogP contribution in [0, 0.1) is 6.92 Å². The maximum atomic E-state index is 12.2. The Hall–Kier alpha value is -6.26. The third-order valence-electron chi connectivity index (χ3n) is 11.7. The summed E-state index contributed by atoms with van der Waals surface area (Å²) in [6, 6.07) is 37.4. The van der Waals surface area contributed by atoms with Crippen LogP contribution in [0.4, 0.5) is 0 Å². The lowest BCUT2D eigenvalue weighted by Crippen LogP contribution is -2.11. The number of hydrogen-bond donors (Lipinski definition) is 1. The number of aromatic nitrogens is 3. The van der Waals surface area contributed by atoms with E-state index in [0.717, 1.165) is 66.8 Å². The summed E-state index contributed by atoms with van der Waals surface area (Å²) in [4.78, 5) is 10.4. The molecule has 0 spiro atoms. The van der Waals surface area contributed by atoms with Crippen LogP contribution in [-0.4, -0.2) is 19.6 Å². The first-order valence-corrected chi connectivity index (χ1v) is 21.4. The van der Waals surface area contributed by atoms with Gasteiger partial charge in [0.15, 0.2) is 0 Å². The molecule has 61 heavy (non-hydrogen) atoms. The number of benzene rings is 6. The number of para-hydroxylation sites is 1. The highest BCUT2D eigenvalue weighted by Crippen LogP contribution is 2.44. The van der Waals surface area contributed by atoms with Crippen molar-refractivity contribution >= 4 is 11.0 Å². The van der Waals surface area contributed by atoms with E-state index in [9.17, 15) is 5.11 Å². The van der Waals surface area contributed by atoms with Crippen molar-refractivity contribution in [2.24, 2.45) is 0 Å². The van der Waals surface area contributed by atoms with Gasteiger partial charge in [-0.3, -0.25) is 9.55 Å². The van der Waals surface area contributed by atoms with Crippen molar-refractivity contribution < 1.29 is 10.6 Å². The van der Waals surface area contributed by atoms with E-state index in [-0.39, 0.29) is 52.7 Å². The molecule has 0 aliphatic carbocycles. The molecule has 2 aromatic heterocycles. The molecule has 0 aliphatic heterocycles. The molecule has 0 saturated carbocycles. The van der Waals surface area contributed by atoms with Gasteiger partial charge in [-0.2, -0.15) is 0 Å². The summed E-state index contributed by atoms with van der Waals surface area (Å²) in [5, 5.41) is 12.2. The van der Waals surface area contributed by atoms with Crippen LogP contribution in [0.25, 0.3) is 72.7 Å². The number of rotatable bonds is 8. The maximum absolute atomic E-state index is 12.2. The fourth-order valence-corrected chi connectivity index (χ4v) is 8.01. The van der Waals surface area contributed by atoms with Crippen LogP contribution >= 0.6 is 0 Å². The van der Waals surface area contributed by atoms with Crippen LogP contribution < -0.4 is 0 Å². The molecule has 0 amide bonds. The summed E-state index contributed by atoms with van der Waals surface area (Å²) in [7, 11) is 0. The average molecular weight is 806 g/mol. The third-order valence-corrected chi connectivity index (χ3v) is 11.7. The molecular formula is C57H59N3O. The van der Waals surface area contributed by atoms with Crippen LogP contribution in [0.15, 0.2) is 140 Å². The fourth-order valence-electron chi connectivity index (χ4n) is 8.01. The normalized spacial score (nSPS) is 13.1. The topological polar surface area (TPSA) is 50.9 Å². The van der Waals surface area contributed by atoms with Crippen molar-refractivity contribution in [1.29, 1.82) is 0 Å². The third kappa shape index (κ3) is 8.16. The second kappa shape index (κ2) is 16.0. The molecule has 8 aromatic rings. The Bertz CT molecular complexity index is 3100. The summed E-state index contributed by atoms with van der Waals surface area (Å²) >= 11 is 0. The number of aryl methyl sites for hydroxylation is 1. The van der Waals surface area contributed by atoms with Crippen LogP contribution in [-0.2, 0) is 10.8 Å². The Morgan fingerprint density at radius 2 is 1.30 bits per heavy atom. The molecule has 6 aromatic carbocycles. The molecule has 2 heterocycles. The van der Waals surface area contributed by atoms with E-state index in [4.69, 9.17) is 15.5 Å². The van der Waals surface area contributed by atoms with Gasteiger partial charge in [0.2, 0.25) is 0 Å². The van der Waals surface area contributed by atoms with E-state index < -0.39 is 5.41 Å². The van der Waals surface area contributed by atoms with Crippen molar-refractivity contribution in [2.45, 2.75) is 98.8 Å². The van der Waals surface area contributed by atoms with Gasteiger partial charge in [-0.25, -0.2) is 4.98 Å². The van der Waals surface area contributed by atoms with Gasteiger partial charge in [-0.1, -0.05) is 160 Å². The van der Waals surface area contributed by atoms with Crippen LogP contribution in [0.1, 0.15) is 114 Å². The number of hydrogen-bond acceptors (Lipinski definition) is 3. The molecule has 0 fully saturated rings. The van der Waals surface area contributed by atoms with E-state index >= 15 is 0 Å². The predicted octanol–water partition coefficient (Wildman–Crippen LogP) is 15.6. The molecular weight excluding hydrogens is 743 g/mol. The zero-order chi connectivity index (χ0) is 46.9. The molecule has 0 bridgehead atoms. The molecule has 8 rings (SSSR count). The first kappa shape index (κ1) is 36.6. The Labute approximate surface area is 368 Å². The second-order valence-corrected chi connectivity index (χ2v) is 19.1. The largest absolute Gasteiger partial charge is 0.507 e. The molecule has 1 N–H and O–H groups in total. The zero-order valence-corrected chi connectivity index (χ0v) is 37.4. The molecule has 0 atom stereocenters. The van der Waals surface area contributed by atoms with E-state index in [1.54, 1.807) is 12.3 Å². The van der Waals surface area contributed by atoms with Crippen molar-refractivity contribution in [3.63, 3.8) is 0 Å². The van der Waals surface area contributed by atoms with Crippen molar-refractivity contribution in [1.82, 2.24) is 14.5 Å². The SMILES string of the molecule is [2H]c1c([2H])c(C(C)(C)C)c([2H])c([2H])c1-c1ccnc(-c2cc(-c3cccc4c3nc(-c3cc(C(C)C)cc(C(C)C)c3O)n4-c3ccc(C)cc3-c3ccccc3)cc(C(C)(C)C)c2)c1. The lowest BCUT2D eigenvalue weighted by molar-refractivity contribution is 0.466. The zero-order valence-electron chi connectivity index (χ0n) is 41.4. The van der Waals surface area contributed by atoms with E-state index in [1.165, 1.54) is 0 Å². The van der Waals surface area contributed by atoms with Crippen molar-refractivity contribution in [3.05, 3.63) is 167 Å². The van der Waals surface area contributed by atoms with Gasteiger partial charge >= 0.3 is 0 Å². The minimum atomic E-state index is -0.565. The quantitative estimate of drug-likeness (QED) is 0.166. The highest BCUT2D eigenvalue weighted by molar-refractivity contribution is 5.98. The van der Waals surface area contributed by atoms with Gasteiger partial charge in [-0.15, -0.1) is 0 Å². The molecule has 308 valence electrons. The minimum Gasteiger partial charge on any atom is -0.507 e. The summed E-state index contributed by atoms with van der Waals surface area (Å²) < 4.78 is 38.2. The summed E-state index contributed by atoms with van der Waals surface area (Å²) in [6.45, 7) is 23.0. The number of aromatic hydroxyl groups is 1. The summed E-state index contributed by atoms with van der Waals surface area (Å²) in [6.07, 6.45) is 1.68. The standard InChI is InChI=1S/C57H59N3O/c1-35(2)41-32-47(36(3)4)54(61)49(33-41)55-59-53-46(18-15-19-52(53)60(55)51-25-20-37(5)28-48(51)39-16-13-12-14-17-39)42-29-43(31-45(30-42)57(9,10)11)50-34-40(26-27-58-50)38-21-23-44(24-22-38)56(6,7)8/h12-36,61H,1-11H3/i21D,22D,23D,24D. The van der Waals surface area contributed by atoms with E-state index in [2.05, 4.69) is 151 Å². The summed E-state index contributed by atoms with van der Waals surface area (Å²) in [5.41, 5.74) is 13.4. The Kier molecular flexibility index (Phi) is 9.58. The number of nitrogens with zero attached hydrogens (tertiary/aromatic N) is 3. The second-order valence-electron chi connectivity index (χ2n) is 19.1. The molecule has 4 heteroatoms. The molecule has 4 nitrogen and oxygen atoms in total. The number of pyridine rings is 1. The van der Waals surface area contributed by atoms with Gasteiger partial charge in [0, 0.05) is 22.9 Å². The van der Waals surface area contributed by atoms with Gasteiger partial charge in [0.05, 0.1) is 33.5 Å². The van der Waals surface area contributed by atoms with Gasteiger partial charge in [-0.05, 0) is 123 Å². The van der Waals surface area contributed by atoms with Gasteiger partial charge in [0.1, 0.15) is 11.6 Å². The highest BCUT2D eigenvalue weighted by Gasteiger charge is 2.26. The minimum absolute atomic E-state index is 0.0259. The predicted molar refractivity (Wildman–Crippen MR) is 258 cm³/mol. The van der Waals surface area contributed by atoms with E-state index in [0.29, 0.717) is 28.2 Å². The monoisotopic (exact) mass is 805 g/mol. The number of fused-ring (bicyclic) bond motifs is 1. The maximum Gasteiger partial charge on any atom is 0.149 e. The lowest BCUT2D eigenvalue weighted by Gasteiger charge is -2.22. The first-order valence-electron chi connectivity index (χ1n) is 23.4. The number of phenolic OH excluding ortho intramolecular Hbond substituents is 1. The summed E-state index contributed by atoms with van der Waals surface area (Å²) in [5.74, 6) is 1.18. The molecule has 0 radical (unpaired) electrons. The Morgan fingerprint density at radius 1 is 0.590 bits per heavy atom. The molecule has 0 unspecified atom stereocenters. The molecule has 0 saturated heterocycles. The molecule has 0 aliphatic rings. The number of imidazole rings is 1. The Balaban J connectivity index is 1.41. The van der Waals surface area contributed by atoms with E-state index in [1.807, 2.05) is 32.9 Å². The van der Waals surface area contributed by atoms with Crippen molar-refractivity contribution in [2.75, 3.05) is 0 Å². The van der Waals surface area contributed by atoms with Gasteiger partial charge < -0.3 is 5.11 Å². The average Bonchev–Trinajstić information content (AvgIpc) is 3.64. The fraction of sp³-hybridized carbons (Fsp3) is 0.263. The van der Waals surface area contributed by atoms with Crippen molar-refractivity contribution in [3.8, 4) is 67.5 Å². The van der Waals surface area contributed by atoms with Crippen LogP contribution in [0.3, 0.4) is 0 Å². The van der Waals surface area contributed by atoms with Gasteiger partial charge in [0.25, 0.3) is 0 Å². The Morgan fingerprint density at radius 3 is 1.97 bits per heavy atom. The first-order chi connectivity index (χ1) is 30.6. The van der Waals surface area contributed by atoms with Crippen LogP contribution in [0.2, 0.25) is 0 Å². The highest BCUT2D eigenvalue weighted by atomic mass is 16.3. The smallest absolute Gasteiger partial charge is 0.149 e. The number of phenols is 1.